The van der Waals surface area contributed by atoms with Crippen LogP contribution in [0.1, 0.15) is 43.6 Å². The van der Waals surface area contributed by atoms with Crippen molar-refractivity contribution in [2.45, 2.75) is 39.3 Å². The summed E-state index contributed by atoms with van der Waals surface area (Å²) < 4.78 is 5.37. The van der Waals surface area contributed by atoms with E-state index in [-0.39, 0.29) is 5.41 Å². The molecule has 1 aromatic carbocycles. The van der Waals surface area contributed by atoms with Gasteiger partial charge in [0.2, 0.25) is 5.89 Å². The lowest BCUT2D eigenvalue weighted by Crippen LogP contribution is -2.45. The highest BCUT2D eigenvalue weighted by Crippen LogP contribution is 2.20. The number of piperazine rings is 1. The van der Waals surface area contributed by atoms with Crippen molar-refractivity contribution in [1.29, 1.82) is 5.26 Å². The van der Waals surface area contributed by atoms with Gasteiger partial charge in [-0.15, -0.1) is 0 Å². The molecule has 0 amide bonds. The van der Waals surface area contributed by atoms with Gasteiger partial charge in [0, 0.05) is 38.1 Å². The summed E-state index contributed by atoms with van der Waals surface area (Å²) in [5, 5.41) is 13.0. The first-order valence-corrected chi connectivity index (χ1v) is 8.71. The first-order valence-electron chi connectivity index (χ1n) is 8.71. The van der Waals surface area contributed by atoms with E-state index in [4.69, 9.17) is 9.78 Å². The van der Waals surface area contributed by atoms with Crippen LogP contribution in [0.25, 0.3) is 0 Å². The SMILES string of the molecule is CC(C)(C)c1nc(CN2CCN(Cc3ccc(C#N)cc3)CC2)no1. The zero-order chi connectivity index (χ0) is 17.9. The summed E-state index contributed by atoms with van der Waals surface area (Å²) in [6.45, 7) is 11.9. The van der Waals surface area contributed by atoms with E-state index in [1.807, 2.05) is 24.3 Å². The van der Waals surface area contributed by atoms with Crippen molar-refractivity contribution < 1.29 is 4.52 Å². The molecule has 2 aromatic rings. The van der Waals surface area contributed by atoms with Gasteiger partial charge in [-0.05, 0) is 17.7 Å². The normalized spacial score (nSPS) is 16.7. The average Bonchev–Trinajstić information content (AvgIpc) is 3.06. The molecule has 6 heteroatoms. The average molecular weight is 339 g/mol. The fourth-order valence-electron chi connectivity index (χ4n) is 2.87. The zero-order valence-electron chi connectivity index (χ0n) is 15.2. The van der Waals surface area contributed by atoms with Gasteiger partial charge >= 0.3 is 0 Å². The molecule has 0 unspecified atom stereocenters. The third-order valence-electron chi connectivity index (χ3n) is 4.43. The van der Waals surface area contributed by atoms with Gasteiger partial charge in [-0.25, -0.2) is 0 Å². The first kappa shape index (κ1) is 17.6. The molecule has 1 aliphatic rings. The van der Waals surface area contributed by atoms with Crippen LogP contribution < -0.4 is 0 Å². The largest absolute Gasteiger partial charge is 0.339 e. The lowest BCUT2D eigenvalue weighted by Gasteiger charge is -2.34. The molecule has 0 radical (unpaired) electrons. The number of nitrogens with zero attached hydrogens (tertiary/aromatic N) is 5. The number of aromatic nitrogens is 2. The Hall–Kier alpha value is -2.23. The Morgan fingerprint density at radius 3 is 2.16 bits per heavy atom. The Bertz CT molecular complexity index is 730. The molecule has 0 N–H and O–H groups in total. The minimum absolute atomic E-state index is 0.106. The van der Waals surface area contributed by atoms with Crippen LogP contribution in [0, 0.1) is 11.3 Å². The minimum Gasteiger partial charge on any atom is -0.339 e. The van der Waals surface area contributed by atoms with Gasteiger partial charge in [0.25, 0.3) is 0 Å². The minimum atomic E-state index is -0.106. The Morgan fingerprint density at radius 1 is 1.04 bits per heavy atom. The molecule has 2 heterocycles. The van der Waals surface area contributed by atoms with Crippen LogP contribution in [0.4, 0.5) is 0 Å². The van der Waals surface area contributed by atoms with Crippen LogP contribution in [0.2, 0.25) is 0 Å². The maximum Gasteiger partial charge on any atom is 0.232 e. The van der Waals surface area contributed by atoms with Crippen LogP contribution in [-0.4, -0.2) is 46.1 Å². The molecule has 1 saturated heterocycles. The van der Waals surface area contributed by atoms with Crippen molar-refractivity contribution in [2.75, 3.05) is 26.2 Å². The second-order valence-corrected chi connectivity index (χ2v) is 7.63. The second kappa shape index (κ2) is 7.34. The van der Waals surface area contributed by atoms with E-state index < -0.39 is 0 Å². The molecule has 132 valence electrons. The lowest BCUT2D eigenvalue weighted by atomic mass is 9.97. The number of nitriles is 1. The van der Waals surface area contributed by atoms with Gasteiger partial charge in [0.1, 0.15) is 0 Å². The summed E-state index contributed by atoms with van der Waals surface area (Å²) in [7, 11) is 0. The first-order chi connectivity index (χ1) is 11.9. The predicted octanol–water partition coefficient (Wildman–Crippen LogP) is 2.56. The molecule has 1 aromatic heterocycles. The number of benzene rings is 1. The maximum atomic E-state index is 8.86. The van der Waals surface area contributed by atoms with Gasteiger partial charge in [-0.1, -0.05) is 38.1 Å². The third kappa shape index (κ3) is 4.65. The second-order valence-electron chi connectivity index (χ2n) is 7.63. The van der Waals surface area contributed by atoms with E-state index in [0.29, 0.717) is 11.5 Å². The summed E-state index contributed by atoms with van der Waals surface area (Å²) in [6.07, 6.45) is 0. The zero-order valence-corrected chi connectivity index (χ0v) is 15.2. The van der Waals surface area contributed by atoms with Crippen molar-refractivity contribution in [3.05, 3.63) is 47.1 Å². The van der Waals surface area contributed by atoms with E-state index in [0.717, 1.165) is 45.1 Å². The molecule has 0 bridgehead atoms. The van der Waals surface area contributed by atoms with Crippen molar-refractivity contribution in [3.8, 4) is 6.07 Å². The topological polar surface area (TPSA) is 69.2 Å². The Kier molecular flexibility index (Phi) is 5.16. The molecule has 1 fully saturated rings. The standard InChI is InChI=1S/C19H25N5O/c1-19(2,3)18-21-17(22-25-18)14-24-10-8-23(9-11-24)13-16-6-4-15(12-20)5-7-16/h4-7H,8-11,13-14H2,1-3H3. The van der Waals surface area contributed by atoms with Crippen LogP contribution in [0.15, 0.2) is 28.8 Å². The molecule has 0 spiro atoms. The Balaban J connectivity index is 1.48. The fraction of sp³-hybridized carbons (Fsp3) is 0.526. The number of hydrogen-bond donors (Lipinski definition) is 0. The molecule has 0 saturated carbocycles. The van der Waals surface area contributed by atoms with Crippen LogP contribution in [-0.2, 0) is 18.5 Å². The van der Waals surface area contributed by atoms with Crippen molar-refractivity contribution in [1.82, 2.24) is 19.9 Å². The summed E-state index contributed by atoms with van der Waals surface area (Å²) in [5.41, 5.74) is 1.86. The van der Waals surface area contributed by atoms with Crippen LogP contribution in [0.3, 0.4) is 0 Å². The lowest BCUT2D eigenvalue weighted by molar-refractivity contribution is 0.119. The van der Waals surface area contributed by atoms with Crippen LogP contribution in [0.5, 0.6) is 0 Å². The Morgan fingerprint density at radius 2 is 1.64 bits per heavy atom. The summed E-state index contributed by atoms with van der Waals surface area (Å²) in [4.78, 5) is 9.33. The van der Waals surface area contributed by atoms with Crippen molar-refractivity contribution in [3.63, 3.8) is 0 Å². The fourth-order valence-corrected chi connectivity index (χ4v) is 2.87. The Labute approximate surface area is 149 Å². The van der Waals surface area contributed by atoms with E-state index in [9.17, 15) is 0 Å². The highest BCUT2D eigenvalue weighted by molar-refractivity contribution is 5.31. The molecular weight excluding hydrogens is 314 g/mol. The molecule has 0 atom stereocenters. The van der Waals surface area contributed by atoms with Gasteiger partial charge in [-0.2, -0.15) is 10.2 Å². The predicted molar refractivity (Wildman–Crippen MR) is 94.7 cm³/mol. The van der Waals surface area contributed by atoms with E-state index in [1.54, 1.807) is 0 Å². The summed E-state index contributed by atoms with van der Waals surface area (Å²) in [6, 6.07) is 10.0. The number of rotatable bonds is 4. The van der Waals surface area contributed by atoms with Gasteiger partial charge in [-0.3, -0.25) is 9.80 Å². The van der Waals surface area contributed by atoms with E-state index in [1.165, 1.54) is 5.56 Å². The molecule has 3 rings (SSSR count). The third-order valence-corrected chi connectivity index (χ3v) is 4.43. The monoisotopic (exact) mass is 339 g/mol. The van der Waals surface area contributed by atoms with Crippen molar-refractivity contribution in [2.24, 2.45) is 0 Å². The smallest absolute Gasteiger partial charge is 0.232 e. The van der Waals surface area contributed by atoms with E-state index in [2.05, 4.69) is 46.8 Å². The molecule has 25 heavy (non-hydrogen) atoms. The van der Waals surface area contributed by atoms with Crippen molar-refractivity contribution >= 4 is 0 Å². The quantitative estimate of drug-likeness (QED) is 0.853. The van der Waals surface area contributed by atoms with Crippen LogP contribution >= 0.6 is 0 Å². The summed E-state index contributed by atoms with van der Waals surface area (Å²) in [5.74, 6) is 1.47. The highest BCUT2D eigenvalue weighted by atomic mass is 16.5. The van der Waals surface area contributed by atoms with E-state index >= 15 is 0 Å². The summed E-state index contributed by atoms with van der Waals surface area (Å²) >= 11 is 0. The van der Waals surface area contributed by atoms with Gasteiger partial charge < -0.3 is 4.52 Å². The molecular formula is C19H25N5O. The van der Waals surface area contributed by atoms with Gasteiger partial charge in [0.15, 0.2) is 5.82 Å². The molecule has 0 aliphatic carbocycles. The maximum absolute atomic E-state index is 8.86. The molecule has 6 nitrogen and oxygen atoms in total. The molecule has 1 aliphatic heterocycles. The van der Waals surface area contributed by atoms with Gasteiger partial charge in [0.05, 0.1) is 18.2 Å². The highest BCUT2D eigenvalue weighted by Gasteiger charge is 2.23. The number of hydrogen-bond acceptors (Lipinski definition) is 6.